The fraction of sp³-hybridized carbons (Fsp3) is 0.727. The van der Waals surface area contributed by atoms with Crippen molar-refractivity contribution >= 4 is 11.3 Å². The normalized spacial score (nSPS) is 12.9. The molecular weight excluding hydrogens is 208 g/mol. The molecule has 0 aliphatic heterocycles. The minimum atomic E-state index is 0.396. The summed E-state index contributed by atoms with van der Waals surface area (Å²) in [5.74, 6) is 0. The molecule has 0 saturated heterocycles. The van der Waals surface area contributed by atoms with E-state index in [0.29, 0.717) is 6.04 Å². The van der Waals surface area contributed by atoms with Crippen molar-refractivity contribution in [1.82, 2.24) is 10.3 Å². The Morgan fingerprint density at radius 3 is 3.00 bits per heavy atom. The van der Waals surface area contributed by atoms with Crippen LogP contribution in [0, 0.1) is 0 Å². The van der Waals surface area contributed by atoms with Crippen molar-refractivity contribution in [1.29, 1.82) is 0 Å². The molecule has 0 bridgehead atoms. The van der Waals surface area contributed by atoms with Crippen molar-refractivity contribution in [2.75, 3.05) is 19.8 Å². The van der Waals surface area contributed by atoms with Crippen molar-refractivity contribution in [3.05, 3.63) is 16.6 Å². The molecule has 1 aromatic rings. The van der Waals surface area contributed by atoms with E-state index in [1.807, 2.05) is 11.6 Å². The quantitative estimate of drug-likeness (QED) is 0.692. The van der Waals surface area contributed by atoms with E-state index in [2.05, 4.69) is 24.1 Å². The Bertz CT molecular complexity index is 239. The molecule has 1 rings (SSSR count). The minimum Gasteiger partial charge on any atom is -0.380 e. The smallest absolute Gasteiger partial charge is 0.0941 e. The molecule has 15 heavy (non-hydrogen) atoms. The van der Waals surface area contributed by atoms with E-state index >= 15 is 0 Å². The zero-order chi connectivity index (χ0) is 10.9. The van der Waals surface area contributed by atoms with Gasteiger partial charge in [-0.1, -0.05) is 13.8 Å². The number of aromatic nitrogens is 1. The maximum atomic E-state index is 5.56. The number of rotatable bonds is 8. The molecule has 0 aliphatic rings. The Balaban J connectivity index is 2.29. The molecule has 0 spiro atoms. The molecule has 1 heterocycles. The molecule has 1 unspecified atom stereocenters. The Kier molecular flexibility index (Phi) is 6.55. The van der Waals surface area contributed by atoms with Gasteiger partial charge < -0.3 is 10.1 Å². The van der Waals surface area contributed by atoms with Crippen LogP contribution in [0.5, 0.6) is 0 Å². The molecule has 0 aromatic carbocycles. The third-order valence-corrected chi connectivity index (χ3v) is 2.87. The summed E-state index contributed by atoms with van der Waals surface area (Å²) in [6.45, 7) is 6.85. The first-order valence-electron chi connectivity index (χ1n) is 5.56. The van der Waals surface area contributed by atoms with E-state index in [1.165, 1.54) is 5.01 Å². The molecule has 1 atom stereocenters. The molecule has 3 nitrogen and oxygen atoms in total. The van der Waals surface area contributed by atoms with Gasteiger partial charge in [0.15, 0.2) is 0 Å². The monoisotopic (exact) mass is 228 g/mol. The van der Waals surface area contributed by atoms with Gasteiger partial charge in [0.05, 0.1) is 11.6 Å². The topological polar surface area (TPSA) is 34.1 Å². The van der Waals surface area contributed by atoms with Crippen molar-refractivity contribution in [3.8, 4) is 0 Å². The lowest BCUT2D eigenvalue weighted by Crippen LogP contribution is -2.35. The summed E-state index contributed by atoms with van der Waals surface area (Å²) in [4.78, 5) is 4.29. The van der Waals surface area contributed by atoms with Crippen LogP contribution < -0.4 is 5.32 Å². The second-order valence-electron chi connectivity index (χ2n) is 3.46. The fourth-order valence-corrected chi connectivity index (χ4v) is 2.11. The largest absolute Gasteiger partial charge is 0.380 e. The number of nitrogens with zero attached hydrogens (tertiary/aromatic N) is 1. The second kappa shape index (κ2) is 7.79. The summed E-state index contributed by atoms with van der Waals surface area (Å²) in [6, 6.07) is 0.396. The van der Waals surface area contributed by atoms with Gasteiger partial charge in [0.25, 0.3) is 0 Å². The highest BCUT2D eigenvalue weighted by Crippen LogP contribution is 2.07. The molecule has 1 N–H and O–H groups in total. The third kappa shape index (κ3) is 5.25. The standard InChI is InChI=1S/C11H20N2OS/c1-3-6-14-9-10(12-4-2)8-11-13-5-7-15-11/h5,7,10,12H,3-4,6,8-9H2,1-2H3. The van der Waals surface area contributed by atoms with Gasteiger partial charge in [0.2, 0.25) is 0 Å². The van der Waals surface area contributed by atoms with Crippen molar-refractivity contribution in [2.24, 2.45) is 0 Å². The van der Waals surface area contributed by atoms with E-state index in [0.717, 1.165) is 32.6 Å². The molecule has 1 aromatic heterocycles. The lowest BCUT2D eigenvalue weighted by atomic mass is 10.2. The molecule has 4 heteroatoms. The highest BCUT2D eigenvalue weighted by atomic mass is 32.1. The van der Waals surface area contributed by atoms with Crippen LogP contribution in [0.25, 0.3) is 0 Å². The average molecular weight is 228 g/mol. The maximum absolute atomic E-state index is 5.56. The van der Waals surface area contributed by atoms with Crippen LogP contribution in [0.1, 0.15) is 25.3 Å². The average Bonchev–Trinajstić information content (AvgIpc) is 2.71. The lowest BCUT2D eigenvalue weighted by Gasteiger charge is -2.16. The van der Waals surface area contributed by atoms with Gasteiger partial charge in [0, 0.05) is 30.6 Å². The summed E-state index contributed by atoms with van der Waals surface area (Å²) in [5, 5.41) is 6.62. The molecule has 86 valence electrons. The van der Waals surface area contributed by atoms with Crippen LogP contribution in [0.4, 0.5) is 0 Å². The molecule has 0 aliphatic carbocycles. The Morgan fingerprint density at radius 2 is 2.40 bits per heavy atom. The highest BCUT2D eigenvalue weighted by molar-refractivity contribution is 7.09. The number of nitrogens with one attached hydrogen (secondary N) is 1. The highest BCUT2D eigenvalue weighted by Gasteiger charge is 2.09. The molecule has 0 radical (unpaired) electrons. The minimum absolute atomic E-state index is 0.396. The zero-order valence-corrected chi connectivity index (χ0v) is 10.3. The van der Waals surface area contributed by atoms with E-state index in [9.17, 15) is 0 Å². The first-order chi connectivity index (χ1) is 7.36. The van der Waals surface area contributed by atoms with E-state index in [1.54, 1.807) is 11.3 Å². The van der Waals surface area contributed by atoms with E-state index in [4.69, 9.17) is 4.74 Å². The van der Waals surface area contributed by atoms with Crippen LogP contribution in [0.2, 0.25) is 0 Å². The Labute approximate surface area is 95.9 Å². The SMILES string of the molecule is CCCOCC(Cc1nccs1)NCC. The number of ether oxygens (including phenoxy) is 1. The number of thiazole rings is 1. The zero-order valence-electron chi connectivity index (χ0n) is 9.53. The summed E-state index contributed by atoms with van der Waals surface area (Å²) in [5.41, 5.74) is 0. The third-order valence-electron chi connectivity index (χ3n) is 2.06. The first-order valence-corrected chi connectivity index (χ1v) is 6.44. The summed E-state index contributed by atoms with van der Waals surface area (Å²) >= 11 is 1.71. The summed E-state index contributed by atoms with van der Waals surface area (Å²) in [7, 11) is 0. The van der Waals surface area contributed by atoms with Crippen LogP contribution in [-0.4, -0.2) is 30.8 Å². The van der Waals surface area contributed by atoms with Gasteiger partial charge in [-0.3, -0.25) is 0 Å². The summed E-state index contributed by atoms with van der Waals surface area (Å²) in [6.07, 6.45) is 3.90. The van der Waals surface area contributed by atoms with E-state index in [-0.39, 0.29) is 0 Å². The number of likely N-dealkylation sites (N-methyl/N-ethyl adjacent to an activating group) is 1. The second-order valence-corrected chi connectivity index (χ2v) is 4.44. The predicted octanol–water partition coefficient (Wildman–Crippen LogP) is 2.09. The van der Waals surface area contributed by atoms with Gasteiger partial charge in [-0.15, -0.1) is 11.3 Å². The number of hydrogen-bond acceptors (Lipinski definition) is 4. The Morgan fingerprint density at radius 1 is 1.53 bits per heavy atom. The van der Waals surface area contributed by atoms with Gasteiger partial charge in [-0.05, 0) is 13.0 Å². The first kappa shape index (κ1) is 12.6. The lowest BCUT2D eigenvalue weighted by molar-refractivity contribution is 0.112. The number of hydrogen-bond donors (Lipinski definition) is 1. The van der Waals surface area contributed by atoms with Gasteiger partial charge >= 0.3 is 0 Å². The Hall–Kier alpha value is -0.450. The predicted molar refractivity (Wildman–Crippen MR) is 64.4 cm³/mol. The van der Waals surface area contributed by atoms with Gasteiger partial charge in [-0.2, -0.15) is 0 Å². The molecular formula is C11H20N2OS. The van der Waals surface area contributed by atoms with Crippen LogP contribution in [0.3, 0.4) is 0 Å². The van der Waals surface area contributed by atoms with Crippen LogP contribution >= 0.6 is 11.3 Å². The van der Waals surface area contributed by atoms with Crippen LogP contribution in [0.15, 0.2) is 11.6 Å². The van der Waals surface area contributed by atoms with Crippen molar-refractivity contribution < 1.29 is 4.74 Å². The molecule has 0 fully saturated rings. The summed E-state index contributed by atoms with van der Waals surface area (Å²) < 4.78 is 5.56. The molecule has 0 saturated carbocycles. The van der Waals surface area contributed by atoms with Gasteiger partial charge in [-0.25, -0.2) is 4.98 Å². The maximum Gasteiger partial charge on any atom is 0.0941 e. The van der Waals surface area contributed by atoms with Crippen molar-refractivity contribution in [3.63, 3.8) is 0 Å². The van der Waals surface area contributed by atoms with Crippen molar-refractivity contribution in [2.45, 2.75) is 32.7 Å². The van der Waals surface area contributed by atoms with E-state index < -0.39 is 0 Å². The molecule has 0 amide bonds. The van der Waals surface area contributed by atoms with Gasteiger partial charge in [0.1, 0.15) is 0 Å². The van der Waals surface area contributed by atoms with Crippen LogP contribution in [-0.2, 0) is 11.2 Å². The fourth-order valence-electron chi connectivity index (χ4n) is 1.41.